The Labute approximate surface area is 80.7 Å². The second-order valence-corrected chi connectivity index (χ2v) is 2.67. The maximum atomic E-state index is 10.2. The highest BCUT2D eigenvalue weighted by Gasteiger charge is 2.05. The lowest BCUT2D eigenvalue weighted by Crippen LogP contribution is -1.97. The molecule has 0 aliphatic rings. The van der Waals surface area contributed by atoms with Crippen LogP contribution in [-0.2, 0) is 4.79 Å². The topological polar surface area (TPSA) is 77.8 Å². The Kier molecular flexibility index (Phi) is 3.39. The summed E-state index contributed by atoms with van der Waals surface area (Å²) in [6, 6.07) is 6.46. The molecule has 0 aromatic heterocycles. The van der Waals surface area contributed by atoms with Gasteiger partial charge in [0.15, 0.2) is 6.29 Å². The van der Waals surface area contributed by atoms with E-state index in [9.17, 15) is 4.79 Å². The van der Waals surface area contributed by atoms with E-state index < -0.39 is 12.3 Å². The van der Waals surface area contributed by atoms with Crippen LogP contribution >= 0.6 is 0 Å². The Balaban J connectivity index is 3.01. The van der Waals surface area contributed by atoms with Gasteiger partial charge in [0.05, 0.1) is 0 Å². The van der Waals surface area contributed by atoms with Gasteiger partial charge >= 0.3 is 5.97 Å². The number of aliphatic hydroxyl groups is 2. The fourth-order valence-electron chi connectivity index (χ4n) is 1.06. The van der Waals surface area contributed by atoms with Crippen molar-refractivity contribution in [2.45, 2.75) is 6.29 Å². The van der Waals surface area contributed by atoms with E-state index in [1.54, 1.807) is 18.2 Å². The number of carboxylic acids is 1. The molecule has 0 saturated heterocycles. The second kappa shape index (κ2) is 4.55. The number of aliphatic hydroxyl groups excluding tert-OH is 1. The largest absolute Gasteiger partial charge is 0.478 e. The third-order valence-electron chi connectivity index (χ3n) is 1.68. The molecule has 1 rings (SSSR count). The van der Waals surface area contributed by atoms with Crippen LogP contribution in [0, 0.1) is 0 Å². The van der Waals surface area contributed by atoms with Crippen LogP contribution in [0.3, 0.4) is 0 Å². The highest BCUT2D eigenvalue weighted by molar-refractivity contribution is 5.85. The molecule has 0 bridgehead atoms. The van der Waals surface area contributed by atoms with E-state index in [1.807, 2.05) is 0 Å². The maximum absolute atomic E-state index is 10.2. The first-order valence-corrected chi connectivity index (χ1v) is 3.97. The Bertz CT molecular complexity index is 355. The van der Waals surface area contributed by atoms with Gasteiger partial charge in [-0.2, -0.15) is 0 Å². The molecule has 0 amide bonds. The molecule has 0 heterocycles. The van der Waals surface area contributed by atoms with Gasteiger partial charge in [-0.25, -0.2) is 4.79 Å². The van der Waals surface area contributed by atoms with Gasteiger partial charge in [0.25, 0.3) is 0 Å². The van der Waals surface area contributed by atoms with Gasteiger partial charge in [0.1, 0.15) is 0 Å². The van der Waals surface area contributed by atoms with E-state index in [4.69, 9.17) is 15.3 Å². The molecule has 0 unspecified atom stereocenters. The lowest BCUT2D eigenvalue weighted by Gasteiger charge is -2.06. The van der Waals surface area contributed by atoms with Crippen molar-refractivity contribution in [3.05, 3.63) is 41.5 Å². The molecule has 1 aromatic rings. The van der Waals surface area contributed by atoms with Crippen LogP contribution in [0.4, 0.5) is 0 Å². The average Bonchev–Trinajstić information content (AvgIpc) is 2.15. The molecule has 74 valence electrons. The molecular formula is C10H10O4. The summed E-state index contributed by atoms with van der Waals surface area (Å²) in [4.78, 5) is 10.2. The highest BCUT2D eigenvalue weighted by Crippen LogP contribution is 2.16. The minimum absolute atomic E-state index is 0.282. The predicted octanol–water partition coefficient (Wildman–Crippen LogP) is 0.768. The summed E-state index contributed by atoms with van der Waals surface area (Å²) in [5, 5.41) is 26.3. The predicted molar refractivity (Wildman–Crippen MR) is 50.3 cm³/mol. The first kappa shape index (κ1) is 10.4. The van der Waals surface area contributed by atoms with Gasteiger partial charge in [-0.1, -0.05) is 24.3 Å². The zero-order chi connectivity index (χ0) is 10.6. The summed E-state index contributed by atoms with van der Waals surface area (Å²) in [6.07, 6.45) is 0.669. The van der Waals surface area contributed by atoms with E-state index >= 15 is 0 Å². The van der Waals surface area contributed by atoms with E-state index in [-0.39, 0.29) is 5.56 Å². The summed E-state index contributed by atoms with van der Waals surface area (Å²) in [7, 11) is 0. The smallest absolute Gasteiger partial charge is 0.328 e. The normalized spacial score (nSPS) is 11.1. The van der Waals surface area contributed by atoms with Crippen molar-refractivity contribution in [1.82, 2.24) is 0 Å². The number of hydrogen-bond donors (Lipinski definition) is 3. The van der Waals surface area contributed by atoms with Crippen LogP contribution in [0.5, 0.6) is 0 Å². The number of hydrogen-bond acceptors (Lipinski definition) is 3. The molecule has 0 aliphatic heterocycles. The number of carbonyl (C=O) groups is 1. The molecule has 0 saturated carbocycles. The molecule has 14 heavy (non-hydrogen) atoms. The SMILES string of the molecule is O=C(O)/C=C/c1ccccc1C(O)O. The third-order valence-corrected chi connectivity index (χ3v) is 1.68. The minimum Gasteiger partial charge on any atom is -0.478 e. The van der Waals surface area contributed by atoms with Crippen molar-refractivity contribution in [1.29, 1.82) is 0 Å². The van der Waals surface area contributed by atoms with E-state index in [1.165, 1.54) is 12.1 Å². The van der Waals surface area contributed by atoms with Crippen molar-refractivity contribution in [2.24, 2.45) is 0 Å². The van der Waals surface area contributed by atoms with E-state index in [0.29, 0.717) is 5.56 Å². The van der Waals surface area contributed by atoms with Gasteiger partial charge in [-0.3, -0.25) is 0 Å². The standard InChI is InChI=1S/C10H10O4/c11-9(12)6-5-7-3-1-2-4-8(7)10(13)14/h1-6,10,13-14H,(H,11,12)/b6-5+. The van der Waals surface area contributed by atoms with Crippen LogP contribution in [0.25, 0.3) is 6.08 Å². The lowest BCUT2D eigenvalue weighted by molar-refractivity contribution is -0.131. The van der Waals surface area contributed by atoms with Crippen LogP contribution in [-0.4, -0.2) is 21.3 Å². The van der Waals surface area contributed by atoms with E-state index in [2.05, 4.69) is 0 Å². The second-order valence-electron chi connectivity index (χ2n) is 2.67. The Morgan fingerprint density at radius 2 is 1.93 bits per heavy atom. The average molecular weight is 194 g/mol. The Morgan fingerprint density at radius 1 is 1.29 bits per heavy atom. The van der Waals surface area contributed by atoms with Crippen molar-refractivity contribution < 1.29 is 20.1 Å². The quantitative estimate of drug-likeness (QED) is 0.490. The minimum atomic E-state index is -1.59. The number of rotatable bonds is 3. The molecule has 0 aliphatic carbocycles. The number of benzene rings is 1. The van der Waals surface area contributed by atoms with Gasteiger partial charge in [-0.05, 0) is 11.6 Å². The third kappa shape index (κ3) is 2.69. The zero-order valence-electron chi connectivity index (χ0n) is 7.29. The van der Waals surface area contributed by atoms with Crippen molar-refractivity contribution in [2.75, 3.05) is 0 Å². The van der Waals surface area contributed by atoms with Crippen LogP contribution in [0.15, 0.2) is 30.3 Å². The molecular weight excluding hydrogens is 184 g/mol. The van der Waals surface area contributed by atoms with Gasteiger partial charge in [-0.15, -0.1) is 0 Å². The lowest BCUT2D eigenvalue weighted by atomic mass is 10.1. The van der Waals surface area contributed by atoms with Crippen molar-refractivity contribution in [3.8, 4) is 0 Å². The summed E-state index contributed by atoms with van der Waals surface area (Å²) >= 11 is 0. The zero-order valence-corrected chi connectivity index (χ0v) is 7.29. The monoisotopic (exact) mass is 194 g/mol. The molecule has 0 atom stereocenters. The fraction of sp³-hybridized carbons (Fsp3) is 0.100. The molecule has 0 radical (unpaired) electrons. The molecule has 0 spiro atoms. The Hall–Kier alpha value is -1.65. The maximum Gasteiger partial charge on any atom is 0.328 e. The molecule has 0 fully saturated rings. The summed E-state index contributed by atoms with van der Waals surface area (Å²) in [6.45, 7) is 0. The van der Waals surface area contributed by atoms with E-state index in [0.717, 1.165) is 6.08 Å². The Morgan fingerprint density at radius 3 is 2.50 bits per heavy atom. The molecule has 1 aromatic carbocycles. The van der Waals surface area contributed by atoms with Gasteiger partial charge < -0.3 is 15.3 Å². The summed E-state index contributed by atoms with van der Waals surface area (Å²) in [5.41, 5.74) is 0.759. The number of aliphatic carboxylic acids is 1. The van der Waals surface area contributed by atoms with Crippen LogP contribution in [0.1, 0.15) is 17.4 Å². The van der Waals surface area contributed by atoms with Gasteiger partial charge in [0.2, 0.25) is 0 Å². The highest BCUT2D eigenvalue weighted by atomic mass is 16.5. The molecule has 3 N–H and O–H groups in total. The van der Waals surface area contributed by atoms with Crippen LogP contribution in [0.2, 0.25) is 0 Å². The summed E-state index contributed by atoms with van der Waals surface area (Å²) in [5.74, 6) is -1.08. The number of carboxylic acid groups (broad SMARTS) is 1. The van der Waals surface area contributed by atoms with Crippen molar-refractivity contribution >= 4 is 12.0 Å². The van der Waals surface area contributed by atoms with Crippen molar-refractivity contribution in [3.63, 3.8) is 0 Å². The first-order valence-electron chi connectivity index (χ1n) is 3.97. The molecule has 4 nitrogen and oxygen atoms in total. The summed E-state index contributed by atoms with van der Waals surface area (Å²) < 4.78 is 0. The fourth-order valence-corrected chi connectivity index (χ4v) is 1.06. The van der Waals surface area contributed by atoms with Gasteiger partial charge in [0, 0.05) is 11.6 Å². The molecule has 4 heteroatoms. The first-order chi connectivity index (χ1) is 6.61. The van der Waals surface area contributed by atoms with Crippen LogP contribution < -0.4 is 0 Å².